The second-order valence-corrected chi connectivity index (χ2v) is 9.60. The molecule has 0 radical (unpaired) electrons. The molecule has 0 heterocycles. The molecule has 0 saturated carbocycles. The van der Waals surface area contributed by atoms with E-state index < -0.39 is 22.0 Å². The summed E-state index contributed by atoms with van der Waals surface area (Å²) in [5, 5.41) is 2.76. The Morgan fingerprint density at radius 2 is 1.77 bits per heavy atom. The summed E-state index contributed by atoms with van der Waals surface area (Å²) in [4.78, 5) is 12.8. The van der Waals surface area contributed by atoms with E-state index in [1.54, 1.807) is 19.1 Å². The van der Waals surface area contributed by atoms with Gasteiger partial charge in [-0.25, -0.2) is 8.42 Å². The number of rotatable bonds is 10. The number of methoxy groups -OCH3 is 1. The summed E-state index contributed by atoms with van der Waals surface area (Å²) in [7, 11) is -2.28. The molecule has 0 aliphatic carbocycles. The monoisotopic (exact) mass is 448 g/mol. The van der Waals surface area contributed by atoms with Crippen molar-refractivity contribution in [2.45, 2.75) is 39.7 Å². The Bertz CT molecular complexity index is 1000. The second kappa shape index (κ2) is 10.5. The highest BCUT2D eigenvalue weighted by Gasteiger charge is 2.31. The van der Waals surface area contributed by atoms with Crippen LogP contribution in [0.15, 0.2) is 42.5 Å². The first kappa shape index (κ1) is 24.5. The molecule has 0 aromatic heterocycles. The van der Waals surface area contributed by atoms with E-state index in [1.165, 1.54) is 7.11 Å². The van der Waals surface area contributed by atoms with Gasteiger partial charge in [0.05, 0.1) is 25.6 Å². The van der Waals surface area contributed by atoms with E-state index >= 15 is 0 Å². The summed E-state index contributed by atoms with van der Waals surface area (Å²) in [6.07, 6.45) is 1.07. The van der Waals surface area contributed by atoms with Gasteiger partial charge >= 0.3 is 0 Å². The normalized spacial score (nSPS) is 12.4. The van der Waals surface area contributed by atoms with Crippen molar-refractivity contribution in [2.75, 3.05) is 30.8 Å². The quantitative estimate of drug-likeness (QED) is 0.563. The molecule has 0 fully saturated rings. The van der Waals surface area contributed by atoms with Gasteiger partial charge in [0, 0.05) is 0 Å². The van der Waals surface area contributed by atoms with Gasteiger partial charge in [-0.15, -0.1) is 0 Å². The first-order chi connectivity index (χ1) is 14.6. The number of sulfonamides is 1. The van der Waals surface area contributed by atoms with Crippen LogP contribution in [0.25, 0.3) is 0 Å². The van der Waals surface area contributed by atoms with E-state index in [0.29, 0.717) is 17.4 Å². The maximum absolute atomic E-state index is 12.8. The smallest absolute Gasteiger partial charge is 0.243 e. The van der Waals surface area contributed by atoms with Crippen LogP contribution in [0.5, 0.6) is 11.5 Å². The zero-order chi connectivity index (χ0) is 23.2. The van der Waals surface area contributed by atoms with Gasteiger partial charge in [-0.2, -0.15) is 0 Å². The van der Waals surface area contributed by atoms with Crippen molar-refractivity contribution in [1.29, 1.82) is 0 Å². The first-order valence-corrected chi connectivity index (χ1v) is 12.0. The van der Waals surface area contributed by atoms with Gasteiger partial charge in [0.15, 0.2) is 0 Å². The van der Waals surface area contributed by atoms with Crippen LogP contribution < -0.4 is 19.1 Å². The number of nitrogens with zero attached hydrogens (tertiary/aromatic N) is 1. The maximum Gasteiger partial charge on any atom is 0.243 e. The topological polar surface area (TPSA) is 84.9 Å². The molecule has 8 heteroatoms. The predicted molar refractivity (Wildman–Crippen MR) is 124 cm³/mol. The number of carbonyl (C=O) groups is 1. The van der Waals surface area contributed by atoms with Crippen LogP contribution in [0.2, 0.25) is 0 Å². The zero-order valence-corrected chi connectivity index (χ0v) is 19.8. The van der Waals surface area contributed by atoms with Crippen LogP contribution in [0.4, 0.5) is 5.69 Å². The van der Waals surface area contributed by atoms with Gasteiger partial charge in [-0.05, 0) is 49.1 Å². The number of hydrogen-bond acceptors (Lipinski definition) is 5. The van der Waals surface area contributed by atoms with Gasteiger partial charge in [0.1, 0.15) is 24.1 Å². The number of benzene rings is 2. The fourth-order valence-electron chi connectivity index (χ4n) is 3.33. The molecule has 2 aromatic carbocycles. The molecular weight excluding hydrogens is 416 g/mol. The Balaban J connectivity index is 2.09. The lowest BCUT2D eigenvalue weighted by molar-refractivity contribution is -0.121. The van der Waals surface area contributed by atoms with Crippen molar-refractivity contribution in [2.24, 2.45) is 0 Å². The molecule has 0 saturated heterocycles. The van der Waals surface area contributed by atoms with E-state index in [4.69, 9.17) is 9.47 Å². The average Bonchev–Trinajstić information content (AvgIpc) is 2.70. The summed E-state index contributed by atoms with van der Waals surface area (Å²) in [6.45, 7) is 8.09. The van der Waals surface area contributed by atoms with E-state index in [0.717, 1.165) is 27.4 Å². The van der Waals surface area contributed by atoms with Crippen molar-refractivity contribution in [3.05, 3.63) is 53.6 Å². The number of nitrogens with one attached hydrogen (secondary N) is 1. The van der Waals surface area contributed by atoms with Crippen LogP contribution in [-0.4, -0.2) is 46.9 Å². The Morgan fingerprint density at radius 1 is 1.10 bits per heavy atom. The highest BCUT2D eigenvalue weighted by molar-refractivity contribution is 7.92. The number of carbonyl (C=O) groups excluding carboxylic acids is 1. The molecule has 0 unspecified atom stereocenters. The number of amides is 1. The lowest BCUT2D eigenvalue weighted by Crippen LogP contribution is -2.48. The first-order valence-electron chi connectivity index (χ1n) is 10.2. The van der Waals surface area contributed by atoms with Crippen LogP contribution in [0.3, 0.4) is 0 Å². The molecule has 0 aliphatic rings. The molecule has 0 aliphatic heterocycles. The van der Waals surface area contributed by atoms with Crippen LogP contribution in [0.1, 0.15) is 37.8 Å². The van der Waals surface area contributed by atoms with Crippen LogP contribution in [-0.2, 0) is 14.8 Å². The number of ether oxygens (including phenoxy) is 2. The van der Waals surface area contributed by atoms with Crippen LogP contribution in [0, 0.1) is 6.92 Å². The summed E-state index contributed by atoms with van der Waals surface area (Å²) >= 11 is 0. The summed E-state index contributed by atoms with van der Waals surface area (Å²) in [6, 6.07) is 12.0. The van der Waals surface area contributed by atoms with Gasteiger partial charge in [-0.3, -0.25) is 9.10 Å². The SMILES string of the molecule is COc1ccc(C)cc1N([C@H](C)C(=O)NCCOc1ccccc1C(C)C)S(C)(=O)=O. The van der Waals surface area contributed by atoms with Crippen LogP contribution >= 0.6 is 0 Å². The summed E-state index contributed by atoms with van der Waals surface area (Å²) in [5.74, 6) is 1.06. The third kappa shape index (κ3) is 6.37. The molecule has 2 rings (SSSR count). The number of hydrogen-bond donors (Lipinski definition) is 1. The van der Waals surface area contributed by atoms with E-state index in [2.05, 4.69) is 19.2 Å². The minimum Gasteiger partial charge on any atom is -0.495 e. The third-order valence-electron chi connectivity index (χ3n) is 4.86. The van der Waals surface area contributed by atoms with Crippen molar-refractivity contribution >= 4 is 21.6 Å². The maximum atomic E-state index is 12.8. The van der Waals surface area contributed by atoms with Gasteiger partial charge in [0.2, 0.25) is 15.9 Å². The highest BCUT2D eigenvalue weighted by Crippen LogP contribution is 2.32. The lowest BCUT2D eigenvalue weighted by Gasteiger charge is -2.29. The Hall–Kier alpha value is -2.74. The molecule has 31 heavy (non-hydrogen) atoms. The van der Waals surface area contributed by atoms with E-state index in [-0.39, 0.29) is 13.2 Å². The fourth-order valence-corrected chi connectivity index (χ4v) is 4.50. The van der Waals surface area contributed by atoms with Crippen molar-refractivity contribution < 1.29 is 22.7 Å². The third-order valence-corrected chi connectivity index (χ3v) is 6.09. The number of anilines is 1. The average molecular weight is 449 g/mol. The molecule has 170 valence electrons. The van der Waals surface area contributed by atoms with Gasteiger partial charge in [0.25, 0.3) is 0 Å². The Kier molecular flexibility index (Phi) is 8.33. The molecule has 7 nitrogen and oxygen atoms in total. The number of para-hydroxylation sites is 1. The lowest BCUT2D eigenvalue weighted by atomic mass is 10.0. The molecule has 1 amide bonds. The van der Waals surface area contributed by atoms with Gasteiger partial charge in [-0.1, -0.05) is 38.1 Å². The highest BCUT2D eigenvalue weighted by atomic mass is 32.2. The second-order valence-electron chi connectivity index (χ2n) is 7.74. The van der Waals surface area contributed by atoms with Gasteiger partial charge < -0.3 is 14.8 Å². The minimum atomic E-state index is -3.74. The van der Waals surface area contributed by atoms with E-state index in [9.17, 15) is 13.2 Å². The Morgan fingerprint density at radius 3 is 2.39 bits per heavy atom. The minimum absolute atomic E-state index is 0.248. The van der Waals surface area contributed by atoms with E-state index in [1.807, 2.05) is 37.3 Å². The molecule has 2 aromatic rings. The molecule has 0 bridgehead atoms. The summed E-state index contributed by atoms with van der Waals surface area (Å²) in [5.41, 5.74) is 2.28. The standard InChI is InChI=1S/C23H32N2O5S/c1-16(2)19-9-7-8-10-21(19)30-14-13-24-23(26)18(4)25(31(6,27)28)20-15-17(3)11-12-22(20)29-5/h7-12,15-16,18H,13-14H2,1-6H3,(H,24,26)/t18-/m1/s1. The van der Waals surface area contributed by atoms with Crippen molar-refractivity contribution in [1.82, 2.24) is 5.32 Å². The van der Waals surface area contributed by atoms with Crippen molar-refractivity contribution in [3.63, 3.8) is 0 Å². The fraction of sp³-hybridized carbons (Fsp3) is 0.435. The molecule has 1 N–H and O–H groups in total. The molecular formula is C23H32N2O5S. The van der Waals surface area contributed by atoms with Crippen molar-refractivity contribution in [3.8, 4) is 11.5 Å². The summed E-state index contributed by atoms with van der Waals surface area (Å²) < 4.78 is 37.3. The predicted octanol–water partition coefficient (Wildman–Crippen LogP) is 3.48. The zero-order valence-electron chi connectivity index (χ0n) is 19.0. The Labute approximate surface area is 185 Å². The molecule has 0 spiro atoms. The number of aryl methyl sites for hydroxylation is 1. The molecule has 1 atom stereocenters. The largest absolute Gasteiger partial charge is 0.495 e.